The van der Waals surface area contributed by atoms with Crippen molar-refractivity contribution in [3.63, 3.8) is 0 Å². The highest BCUT2D eigenvalue weighted by molar-refractivity contribution is 5.33. The Morgan fingerprint density at radius 1 is 1.38 bits per heavy atom. The van der Waals surface area contributed by atoms with E-state index in [9.17, 15) is 4.39 Å². The second kappa shape index (κ2) is 6.45. The Labute approximate surface area is 95.6 Å². The third-order valence-corrected chi connectivity index (χ3v) is 2.37. The van der Waals surface area contributed by atoms with Crippen LogP contribution >= 0.6 is 0 Å². The van der Waals surface area contributed by atoms with Gasteiger partial charge >= 0.3 is 0 Å². The minimum atomic E-state index is -0.326. The van der Waals surface area contributed by atoms with Crippen LogP contribution in [0.3, 0.4) is 0 Å². The van der Waals surface area contributed by atoms with Crippen LogP contribution in [0.2, 0.25) is 0 Å². The van der Waals surface area contributed by atoms with E-state index in [2.05, 4.69) is 5.32 Å². The zero-order valence-electron chi connectivity index (χ0n) is 9.92. The van der Waals surface area contributed by atoms with Crippen molar-refractivity contribution in [2.45, 2.75) is 13.0 Å². The lowest BCUT2D eigenvalue weighted by atomic mass is 10.1. The predicted molar refractivity (Wildman–Crippen MR) is 61.2 cm³/mol. The Bertz CT molecular complexity index is 325. The molecule has 1 aromatic carbocycles. The standard InChI is InChI=1S/C12H18FNO2/c1-4-14-10(8-15-2)9-6-5-7-11(16-3)12(9)13/h5-7,10,14H,4,8H2,1-3H3. The fourth-order valence-electron chi connectivity index (χ4n) is 1.63. The van der Waals surface area contributed by atoms with Crippen molar-refractivity contribution >= 4 is 0 Å². The van der Waals surface area contributed by atoms with Crippen molar-refractivity contribution in [3.05, 3.63) is 29.6 Å². The molecule has 1 aromatic rings. The van der Waals surface area contributed by atoms with E-state index in [4.69, 9.17) is 9.47 Å². The van der Waals surface area contributed by atoms with Gasteiger partial charge < -0.3 is 14.8 Å². The van der Waals surface area contributed by atoms with Gasteiger partial charge in [0.1, 0.15) is 0 Å². The van der Waals surface area contributed by atoms with E-state index in [0.717, 1.165) is 6.54 Å². The van der Waals surface area contributed by atoms with Gasteiger partial charge in [-0.2, -0.15) is 0 Å². The Hall–Kier alpha value is -1.13. The maximum absolute atomic E-state index is 13.9. The number of methoxy groups -OCH3 is 2. The van der Waals surface area contributed by atoms with Gasteiger partial charge in [0, 0.05) is 12.7 Å². The highest BCUT2D eigenvalue weighted by Gasteiger charge is 2.17. The number of hydrogen-bond donors (Lipinski definition) is 1. The molecule has 3 nitrogen and oxygen atoms in total. The number of rotatable bonds is 6. The Kier molecular flexibility index (Phi) is 5.22. The molecule has 0 saturated carbocycles. The molecule has 0 aliphatic carbocycles. The summed E-state index contributed by atoms with van der Waals surface area (Å²) < 4.78 is 24.0. The smallest absolute Gasteiger partial charge is 0.169 e. The van der Waals surface area contributed by atoms with Crippen LogP contribution in [0.15, 0.2) is 18.2 Å². The average Bonchev–Trinajstić information content (AvgIpc) is 2.29. The zero-order valence-corrected chi connectivity index (χ0v) is 9.92. The minimum Gasteiger partial charge on any atom is -0.494 e. The predicted octanol–water partition coefficient (Wildman–Crippen LogP) is 2.13. The Balaban J connectivity index is 2.98. The largest absolute Gasteiger partial charge is 0.494 e. The summed E-state index contributed by atoms with van der Waals surface area (Å²) in [5.41, 5.74) is 0.572. The van der Waals surface area contributed by atoms with Gasteiger partial charge in [0.2, 0.25) is 0 Å². The average molecular weight is 227 g/mol. The van der Waals surface area contributed by atoms with E-state index in [1.165, 1.54) is 7.11 Å². The van der Waals surface area contributed by atoms with Gasteiger partial charge in [-0.1, -0.05) is 19.1 Å². The maximum Gasteiger partial charge on any atom is 0.169 e. The molecule has 0 amide bonds. The summed E-state index contributed by atoms with van der Waals surface area (Å²) in [6.07, 6.45) is 0. The Morgan fingerprint density at radius 3 is 2.69 bits per heavy atom. The molecule has 0 heterocycles. The van der Waals surface area contributed by atoms with E-state index in [1.807, 2.05) is 6.92 Å². The van der Waals surface area contributed by atoms with E-state index in [0.29, 0.717) is 12.2 Å². The van der Waals surface area contributed by atoms with E-state index < -0.39 is 0 Å². The SMILES string of the molecule is CCNC(COC)c1cccc(OC)c1F. The molecule has 0 aromatic heterocycles. The van der Waals surface area contributed by atoms with Crippen molar-refractivity contribution in [2.24, 2.45) is 0 Å². The first kappa shape index (κ1) is 12.9. The summed E-state index contributed by atoms with van der Waals surface area (Å²) in [6.45, 7) is 3.16. The summed E-state index contributed by atoms with van der Waals surface area (Å²) in [5, 5.41) is 3.17. The van der Waals surface area contributed by atoms with Crippen molar-refractivity contribution < 1.29 is 13.9 Å². The number of likely N-dealkylation sites (N-methyl/N-ethyl adjacent to an activating group) is 1. The third-order valence-electron chi connectivity index (χ3n) is 2.37. The number of benzene rings is 1. The lowest BCUT2D eigenvalue weighted by Gasteiger charge is -2.18. The number of halogens is 1. The first-order chi connectivity index (χ1) is 7.74. The lowest BCUT2D eigenvalue weighted by molar-refractivity contribution is 0.166. The molecule has 1 atom stereocenters. The monoisotopic (exact) mass is 227 g/mol. The molecule has 0 spiro atoms. The Morgan fingerprint density at radius 2 is 2.12 bits per heavy atom. The third kappa shape index (κ3) is 2.93. The van der Waals surface area contributed by atoms with Gasteiger partial charge in [-0.25, -0.2) is 4.39 Å². The van der Waals surface area contributed by atoms with E-state index in [-0.39, 0.29) is 17.6 Å². The van der Waals surface area contributed by atoms with Crippen LogP contribution in [0.1, 0.15) is 18.5 Å². The highest BCUT2D eigenvalue weighted by atomic mass is 19.1. The lowest BCUT2D eigenvalue weighted by Crippen LogP contribution is -2.25. The van der Waals surface area contributed by atoms with Crippen LogP contribution in [0, 0.1) is 5.82 Å². The normalized spacial score (nSPS) is 12.5. The van der Waals surface area contributed by atoms with E-state index >= 15 is 0 Å². The van der Waals surface area contributed by atoms with E-state index in [1.54, 1.807) is 25.3 Å². The summed E-state index contributed by atoms with van der Waals surface area (Å²) in [5.74, 6) is -0.0653. The molecule has 0 fully saturated rings. The van der Waals surface area contributed by atoms with Crippen LogP contribution in [0.4, 0.5) is 4.39 Å². The fourth-order valence-corrected chi connectivity index (χ4v) is 1.63. The molecular weight excluding hydrogens is 209 g/mol. The van der Waals surface area contributed by atoms with Crippen molar-refractivity contribution in [1.29, 1.82) is 0 Å². The summed E-state index contributed by atoms with van der Waals surface area (Å²) >= 11 is 0. The summed E-state index contributed by atoms with van der Waals surface area (Å²) in [4.78, 5) is 0. The number of nitrogens with one attached hydrogen (secondary N) is 1. The number of ether oxygens (including phenoxy) is 2. The summed E-state index contributed by atoms with van der Waals surface area (Å²) in [7, 11) is 3.06. The first-order valence-electron chi connectivity index (χ1n) is 5.29. The topological polar surface area (TPSA) is 30.5 Å². The molecular formula is C12H18FNO2. The molecule has 90 valence electrons. The molecule has 0 saturated heterocycles. The van der Waals surface area contributed by atoms with Gasteiger partial charge in [0.15, 0.2) is 11.6 Å². The highest BCUT2D eigenvalue weighted by Crippen LogP contribution is 2.25. The van der Waals surface area contributed by atoms with Crippen molar-refractivity contribution in [3.8, 4) is 5.75 Å². The van der Waals surface area contributed by atoms with Crippen LogP contribution < -0.4 is 10.1 Å². The zero-order chi connectivity index (χ0) is 12.0. The van der Waals surface area contributed by atoms with Gasteiger partial charge in [-0.05, 0) is 12.6 Å². The fraction of sp³-hybridized carbons (Fsp3) is 0.500. The molecule has 4 heteroatoms. The molecule has 0 aliphatic heterocycles. The van der Waals surface area contributed by atoms with Crippen LogP contribution in [0.5, 0.6) is 5.75 Å². The summed E-state index contributed by atoms with van der Waals surface area (Å²) in [6, 6.07) is 4.97. The van der Waals surface area contributed by atoms with Crippen LogP contribution in [-0.4, -0.2) is 27.4 Å². The van der Waals surface area contributed by atoms with Crippen molar-refractivity contribution in [1.82, 2.24) is 5.32 Å². The second-order valence-corrected chi connectivity index (χ2v) is 3.43. The first-order valence-corrected chi connectivity index (χ1v) is 5.29. The molecule has 1 unspecified atom stereocenters. The van der Waals surface area contributed by atoms with Crippen LogP contribution in [0.25, 0.3) is 0 Å². The molecule has 1 rings (SSSR count). The van der Waals surface area contributed by atoms with Gasteiger partial charge in [0.25, 0.3) is 0 Å². The minimum absolute atomic E-state index is 0.148. The van der Waals surface area contributed by atoms with Gasteiger partial charge in [0.05, 0.1) is 19.8 Å². The quantitative estimate of drug-likeness (QED) is 0.807. The maximum atomic E-state index is 13.9. The molecule has 0 bridgehead atoms. The second-order valence-electron chi connectivity index (χ2n) is 3.43. The molecule has 1 N–H and O–H groups in total. The van der Waals surface area contributed by atoms with Crippen LogP contribution in [-0.2, 0) is 4.74 Å². The molecule has 16 heavy (non-hydrogen) atoms. The van der Waals surface area contributed by atoms with Gasteiger partial charge in [-0.3, -0.25) is 0 Å². The molecule has 0 radical (unpaired) electrons. The molecule has 0 aliphatic rings. The van der Waals surface area contributed by atoms with Crippen molar-refractivity contribution in [2.75, 3.05) is 27.4 Å². The van der Waals surface area contributed by atoms with Gasteiger partial charge in [-0.15, -0.1) is 0 Å². The number of hydrogen-bond acceptors (Lipinski definition) is 3.